The maximum Gasteiger partial charge on any atom is 0.225 e. The zero-order chi connectivity index (χ0) is 23.7. The number of aryl methyl sites for hydroxylation is 2. The third-order valence-electron chi connectivity index (χ3n) is 6.78. The number of carbonyl (C=O) groups is 1. The quantitative estimate of drug-likeness (QED) is 0.456. The van der Waals surface area contributed by atoms with Crippen LogP contribution in [-0.2, 0) is 4.79 Å². The second-order valence-electron chi connectivity index (χ2n) is 9.35. The zero-order valence-electron chi connectivity index (χ0n) is 20.0. The summed E-state index contributed by atoms with van der Waals surface area (Å²) in [5.74, 6) is 0.931. The number of rotatable bonds is 5. The van der Waals surface area contributed by atoms with Gasteiger partial charge in [-0.1, -0.05) is 54.1 Å². The standard InChI is InChI=1S/C28H31N5O/c1-19-11-12-24(20(2)16-19)25-17-26-27(29-13-15-33(26)31-25)32-14-7-10-23(18-32)28(34)30-21(3)22-8-5-4-6-9-22/h4-6,8-9,11-13,15-17,21,23H,7,10,14,18H2,1-3H3,(H,30,34)/t21-,23-/m0/s1. The smallest absolute Gasteiger partial charge is 0.225 e. The summed E-state index contributed by atoms with van der Waals surface area (Å²) in [4.78, 5) is 20.1. The van der Waals surface area contributed by atoms with E-state index in [4.69, 9.17) is 10.1 Å². The number of anilines is 1. The Balaban J connectivity index is 1.37. The fraction of sp³-hybridized carbons (Fsp3) is 0.321. The highest BCUT2D eigenvalue weighted by atomic mass is 16.2. The van der Waals surface area contributed by atoms with Gasteiger partial charge in [-0.05, 0) is 50.8 Å². The summed E-state index contributed by atoms with van der Waals surface area (Å²) in [6.07, 6.45) is 5.53. The molecule has 2 aromatic carbocycles. The van der Waals surface area contributed by atoms with E-state index in [0.717, 1.165) is 47.5 Å². The van der Waals surface area contributed by atoms with Crippen molar-refractivity contribution < 1.29 is 4.79 Å². The number of piperidine rings is 1. The molecule has 5 rings (SSSR count). The molecule has 1 N–H and O–H groups in total. The molecule has 1 aliphatic heterocycles. The van der Waals surface area contributed by atoms with Crippen LogP contribution in [0.5, 0.6) is 0 Å². The Morgan fingerprint density at radius 1 is 1.12 bits per heavy atom. The fourth-order valence-corrected chi connectivity index (χ4v) is 4.92. The topological polar surface area (TPSA) is 62.5 Å². The normalized spacial score (nSPS) is 17.0. The summed E-state index contributed by atoms with van der Waals surface area (Å²) in [5, 5.41) is 8.03. The predicted molar refractivity (Wildman–Crippen MR) is 136 cm³/mol. The van der Waals surface area contributed by atoms with Crippen molar-refractivity contribution in [2.24, 2.45) is 5.92 Å². The van der Waals surface area contributed by atoms with Crippen LogP contribution >= 0.6 is 0 Å². The number of hydrogen-bond donors (Lipinski definition) is 1. The van der Waals surface area contributed by atoms with Gasteiger partial charge in [-0.2, -0.15) is 5.10 Å². The molecule has 2 atom stereocenters. The number of benzene rings is 2. The number of fused-ring (bicyclic) bond motifs is 1. The van der Waals surface area contributed by atoms with Crippen LogP contribution in [0, 0.1) is 19.8 Å². The van der Waals surface area contributed by atoms with E-state index in [1.165, 1.54) is 11.1 Å². The molecule has 1 fully saturated rings. The van der Waals surface area contributed by atoms with Gasteiger partial charge in [0, 0.05) is 31.0 Å². The van der Waals surface area contributed by atoms with Gasteiger partial charge < -0.3 is 10.2 Å². The summed E-state index contributed by atoms with van der Waals surface area (Å²) in [6, 6.07) is 18.6. The van der Waals surface area contributed by atoms with Crippen molar-refractivity contribution in [1.82, 2.24) is 19.9 Å². The van der Waals surface area contributed by atoms with Crippen molar-refractivity contribution >= 4 is 17.2 Å². The first-order chi connectivity index (χ1) is 16.5. The molecule has 2 aromatic heterocycles. The van der Waals surface area contributed by atoms with Gasteiger partial charge in [-0.15, -0.1) is 0 Å². The minimum atomic E-state index is -0.0660. The highest BCUT2D eigenvalue weighted by Gasteiger charge is 2.28. The predicted octanol–water partition coefficient (Wildman–Crippen LogP) is 5.11. The molecule has 6 nitrogen and oxygen atoms in total. The van der Waals surface area contributed by atoms with E-state index in [0.29, 0.717) is 6.54 Å². The number of nitrogens with zero attached hydrogens (tertiary/aromatic N) is 4. The molecule has 0 bridgehead atoms. The highest BCUT2D eigenvalue weighted by molar-refractivity contribution is 5.81. The third-order valence-corrected chi connectivity index (χ3v) is 6.78. The molecule has 0 spiro atoms. The largest absolute Gasteiger partial charge is 0.354 e. The number of carbonyl (C=O) groups excluding carboxylic acids is 1. The van der Waals surface area contributed by atoms with Crippen LogP contribution in [-0.4, -0.2) is 33.6 Å². The highest BCUT2D eigenvalue weighted by Crippen LogP contribution is 2.30. The summed E-state index contributed by atoms with van der Waals surface area (Å²) >= 11 is 0. The molecule has 0 radical (unpaired) electrons. The Morgan fingerprint density at radius 3 is 2.74 bits per heavy atom. The summed E-state index contributed by atoms with van der Waals surface area (Å²) in [6.45, 7) is 7.80. The van der Waals surface area contributed by atoms with Crippen LogP contribution in [0.3, 0.4) is 0 Å². The van der Waals surface area contributed by atoms with Gasteiger partial charge in [-0.25, -0.2) is 9.50 Å². The Morgan fingerprint density at radius 2 is 1.94 bits per heavy atom. The van der Waals surface area contributed by atoms with Crippen molar-refractivity contribution in [2.45, 2.75) is 39.7 Å². The molecule has 1 saturated heterocycles. The number of nitrogens with one attached hydrogen (secondary N) is 1. The Bertz CT molecular complexity index is 1310. The lowest BCUT2D eigenvalue weighted by atomic mass is 9.96. The fourth-order valence-electron chi connectivity index (χ4n) is 4.92. The van der Waals surface area contributed by atoms with Crippen LogP contribution in [0.15, 0.2) is 67.0 Å². The molecule has 174 valence electrons. The Hall–Kier alpha value is -3.67. The van der Waals surface area contributed by atoms with Crippen LogP contribution in [0.4, 0.5) is 5.82 Å². The number of hydrogen-bond acceptors (Lipinski definition) is 4. The zero-order valence-corrected chi connectivity index (χ0v) is 20.0. The molecule has 0 unspecified atom stereocenters. The molecule has 0 saturated carbocycles. The molecule has 3 heterocycles. The second kappa shape index (κ2) is 9.29. The van der Waals surface area contributed by atoms with Gasteiger partial charge in [0.05, 0.1) is 17.7 Å². The molecule has 0 aliphatic carbocycles. The number of amides is 1. The molecule has 1 aliphatic rings. The Labute approximate surface area is 200 Å². The summed E-state index contributed by atoms with van der Waals surface area (Å²) in [5.41, 5.74) is 6.61. The van der Waals surface area contributed by atoms with Crippen LogP contribution in [0.25, 0.3) is 16.8 Å². The molecule has 4 aromatic rings. The first kappa shape index (κ1) is 22.1. The monoisotopic (exact) mass is 453 g/mol. The van der Waals surface area contributed by atoms with E-state index in [1.54, 1.807) is 6.20 Å². The average Bonchev–Trinajstić information content (AvgIpc) is 3.28. The first-order valence-electron chi connectivity index (χ1n) is 12.0. The van der Waals surface area contributed by atoms with Crippen molar-refractivity contribution in [3.05, 3.63) is 83.7 Å². The van der Waals surface area contributed by atoms with Gasteiger partial charge in [0.1, 0.15) is 5.52 Å². The lowest BCUT2D eigenvalue weighted by molar-refractivity contribution is -0.125. The lowest BCUT2D eigenvalue weighted by Crippen LogP contribution is -2.44. The van der Waals surface area contributed by atoms with Crippen molar-refractivity contribution in [2.75, 3.05) is 18.0 Å². The maximum atomic E-state index is 13.1. The van der Waals surface area contributed by atoms with Crippen LogP contribution in [0.1, 0.15) is 42.5 Å². The third kappa shape index (κ3) is 4.40. The van der Waals surface area contributed by atoms with E-state index in [-0.39, 0.29) is 17.9 Å². The van der Waals surface area contributed by atoms with E-state index >= 15 is 0 Å². The van der Waals surface area contributed by atoms with Crippen molar-refractivity contribution in [3.63, 3.8) is 0 Å². The molecule has 6 heteroatoms. The minimum absolute atomic E-state index is 0.0132. The summed E-state index contributed by atoms with van der Waals surface area (Å²) in [7, 11) is 0. The maximum absolute atomic E-state index is 13.1. The second-order valence-corrected chi connectivity index (χ2v) is 9.35. The molecule has 1 amide bonds. The SMILES string of the molecule is Cc1ccc(-c2cc3c(N4CCC[C@H](C(=O)N[C@@H](C)c5ccccc5)C4)nccn3n2)c(C)c1. The Kier molecular flexibility index (Phi) is 6.05. The van der Waals surface area contributed by atoms with Gasteiger partial charge in [-0.3, -0.25) is 4.79 Å². The van der Waals surface area contributed by atoms with Gasteiger partial charge in [0.2, 0.25) is 5.91 Å². The van der Waals surface area contributed by atoms with E-state index in [9.17, 15) is 4.79 Å². The van der Waals surface area contributed by atoms with E-state index in [2.05, 4.69) is 60.5 Å². The van der Waals surface area contributed by atoms with Gasteiger partial charge >= 0.3 is 0 Å². The average molecular weight is 454 g/mol. The van der Waals surface area contributed by atoms with E-state index < -0.39 is 0 Å². The molecular formula is C28H31N5O. The lowest BCUT2D eigenvalue weighted by Gasteiger charge is -2.33. The first-order valence-corrected chi connectivity index (χ1v) is 12.0. The van der Waals surface area contributed by atoms with Gasteiger partial charge in [0.15, 0.2) is 5.82 Å². The van der Waals surface area contributed by atoms with Gasteiger partial charge in [0.25, 0.3) is 0 Å². The van der Waals surface area contributed by atoms with Crippen LogP contribution < -0.4 is 10.2 Å². The van der Waals surface area contributed by atoms with Crippen molar-refractivity contribution in [1.29, 1.82) is 0 Å². The summed E-state index contributed by atoms with van der Waals surface area (Å²) < 4.78 is 1.90. The van der Waals surface area contributed by atoms with Crippen molar-refractivity contribution in [3.8, 4) is 11.3 Å². The minimum Gasteiger partial charge on any atom is -0.354 e. The molecular weight excluding hydrogens is 422 g/mol. The van der Waals surface area contributed by atoms with E-state index in [1.807, 2.05) is 35.8 Å². The number of aromatic nitrogens is 3. The molecule has 34 heavy (non-hydrogen) atoms. The van der Waals surface area contributed by atoms with Crippen LogP contribution in [0.2, 0.25) is 0 Å².